The second-order valence-corrected chi connectivity index (χ2v) is 7.31. The fourth-order valence-corrected chi connectivity index (χ4v) is 3.57. The van der Waals surface area contributed by atoms with Crippen molar-refractivity contribution in [3.05, 3.63) is 23.8 Å². The van der Waals surface area contributed by atoms with Crippen molar-refractivity contribution in [2.24, 2.45) is 16.3 Å². The van der Waals surface area contributed by atoms with Gasteiger partial charge in [-0.2, -0.15) is 0 Å². The molecule has 0 radical (unpaired) electrons. The Morgan fingerprint density at radius 3 is 2.60 bits per heavy atom. The van der Waals surface area contributed by atoms with Gasteiger partial charge in [-0.3, -0.25) is 4.99 Å². The van der Waals surface area contributed by atoms with Crippen LogP contribution in [0.3, 0.4) is 0 Å². The van der Waals surface area contributed by atoms with Gasteiger partial charge in [-0.05, 0) is 69.1 Å². The van der Waals surface area contributed by atoms with Crippen molar-refractivity contribution < 1.29 is 9.47 Å². The molecule has 0 aliphatic heterocycles. The highest BCUT2D eigenvalue weighted by Crippen LogP contribution is 2.61. The summed E-state index contributed by atoms with van der Waals surface area (Å²) in [5.74, 6) is 3.49. The van der Waals surface area contributed by atoms with Crippen molar-refractivity contribution in [1.82, 2.24) is 10.6 Å². The van der Waals surface area contributed by atoms with Gasteiger partial charge in [0.05, 0.1) is 20.3 Å². The molecule has 2 N–H and O–H groups in total. The molecule has 1 atom stereocenters. The Kier molecular flexibility index (Phi) is 5.40. The molecule has 25 heavy (non-hydrogen) atoms. The standard InChI is InChI=1S/C20H31N3O2/c1-5-21-19(22-13-20(10-11-20)15-6-7-15)23-14(2)17-12-16(24-3)8-9-18(17)25-4/h8-9,12,14-15H,5-7,10-11,13H2,1-4H3,(H2,21,22,23). The van der Waals surface area contributed by atoms with Gasteiger partial charge >= 0.3 is 0 Å². The van der Waals surface area contributed by atoms with E-state index in [0.29, 0.717) is 5.41 Å². The summed E-state index contributed by atoms with van der Waals surface area (Å²) in [6, 6.07) is 5.95. The Morgan fingerprint density at radius 1 is 1.28 bits per heavy atom. The highest BCUT2D eigenvalue weighted by Gasteiger charge is 2.53. The van der Waals surface area contributed by atoms with Gasteiger partial charge < -0.3 is 20.1 Å². The van der Waals surface area contributed by atoms with E-state index < -0.39 is 0 Å². The Morgan fingerprint density at radius 2 is 2.04 bits per heavy atom. The topological polar surface area (TPSA) is 54.9 Å². The molecule has 0 bridgehead atoms. The maximum absolute atomic E-state index is 5.52. The molecule has 1 unspecified atom stereocenters. The molecule has 2 fully saturated rings. The van der Waals surface area contributed by atoms with E-state index in [2.05, 4.69) is 24.5 Å². The minimum absolute atomic E-state index is 0.0685. The van der Waals surface area contributed by atoms with E-state index in [1.54, 1.807) is 14.2 Å². The van der Waals surface area contributed by atoms with Crippen LogP contribution in [0.4, 0.5) is 0 Å². The second kappa shape index (κ2) is 7.54. The molecule has 2 aliphatic carbocycles. The zero-order valence-electron chi connectivity index (χ0n) is 15.9. The zero-order valence-corrected chi connectivity index (χ0v) is 15.9. The van der Waals surface area contributed by atoms with Crippen molar-refractivity contribution in [2.75, 3.05) is 27.3 Å². The number of nitrogens with one attached hydrogen (secondary N) is 2. The van der Waals surface area contributed by atoms with Gasteiger partial charge in [-0.25, -0.2) is 0 Å². The molecule has 0 spiro atoms. The molecular formula is C20H31N3O2. The first kappa shape index (κ1) is 17.9. The van der Waals surface area contributed by atoms with E-state index in [1.807, 2.05) is 18.2 Å². The van der Waals surface area contributed by atoms with Crippen molar-refractivity contribution in [2.45, 2.75) is 45.6 Å². The fourth-order valence-electron chi connectivity index (χ4n) is 3.57. The average molecular weight is 345 g/mol. The number of benzene rings is 1. The van der Waals surface area contributed by atoms with Gasteiger partial charge in [0, 0.05) is 18.7 Å². The van der Waals surface area contributed by atoms with Crippen molar-refractivity contribution in [1.29, 1.82) is 0 Å². The van der Waals surface area contributed by atoms with Crippen LogP contribution in [-0.2, 0) is 0 Å². The lowest BCUT2D eigenvalue weighted by atomic mass is 10.0. The lowest BCUT2D eigenvalue weighted by Crippen LogP contribution is -2.39. The minimum atomic E-state index is 0.0685. The lowest BCUT2D eigenvalue weighted by Gasteiger charge is -2.21. The molecule has 2 aliphatic rings. The highest BCUT2D eigenvalue weighted by atomic mass is 16.5. The predicted molar refractivity (Wildman–Crippen MR) is 101 cm³/mol. The van der Waals surface area contributed by atoms with E-state index in [4.69, 9.17) is 14.5 Å². The first-order valence-electron chi connectivity index (χ1n) is 9.38. The number of guanidine groups is 1. The van der Waals surface area contributed by atoms with Crippen LogP contribution in [-0.4, -0.2) is 33.3 Å². The van der Waals surface area contributed by atoms with Crippen LogP contribution >= 0.6 is 0 Å². The third-order valence-corrected chi connectivity index (χ3v) is 5.49. The third-order valence-electron chi connectivity index (χ3n) is 5.49. The summed E-state index contributed by atoms with van der Waals surface area (Å²) in [6.45, 7) is 6.01. The Labute approximate surface area is 151 Å². The predicted octanol–water partition coefficient (Wildman–Crippen LogP) is 3.51. The van der Waals surface area contributed by atoms with Gasteiger partial charge in [0.1, 0.15) is 11.5 Å². The monoisotopic (exact) mass is 345 g/mol. The summed E-state index contributed by atoms with van der Waals surface area (Å²) in [5, 5.41) is 6.90. The maximum atomic E-state index is 5.52. The molecule has 5 heteroatoms. The first-order chi connectivity index (χ1) is 12.1. The van der Waals surface area contributed by atoms with Crippen molar-refractivity contribution in [3.8, 4) is 11.5 Å². The quantitative estimate of drug-likeness (QED) is 0.559. The lowest BCUT2D eigenvalue weighted by molar-refractivity contribution is 0.394. The van der Waals surface area contributed by atoms with Crippen LogP contribution in [0.1, 0.15) is 51.1 Å². The van der Waals surface area contributed by atoms with Crippen LogP contribution in [0.15, 0.2) is 23.2 Å². The first-order valence-corrected chi connectivity index (χ1v) is 9.38. The molecule has 2 saturated carbocycles. The van der Waals surface area contributed by atoms with Gasteiger partial charge in [0.25, 0.3) is 0 Å². The molecule has 0 amide bonds. The Hall–Kier alpha value is -1.91. The Balaban J connectivity index is 1.70. The minimum Gasteiger partial charge on any atom is -0.497 e. The summed E-state index contributed by atoms with van der Waals surface area (Å²) < 4.78 is 10.9. The normalized spacial score (nSPS) is 19.9. The number of hydrogen-bond donors (Lipinski definition) is 2. The van der Waals surface area contributed by atoms with Crippen LogP contribution < -0.4 is 20.1 Å². The molecule has 138 valence electrons. The molecular weight excluding hydrogens is 314 g/mol. The maximum Gasteiger partial charge on any atom is 0.191 e. The Bertz CT molecular complexity index is 621. The van der Waals surface area contributed by atoms with Crippen LogP contribution in [0.25, 0.3) is 0 Å². The van der Waals surface area contributed by atoms with E-state index >= 15 is 0 Å². The molecule has 0 aromatic heterocycles. The van der Waals surface area contributed by atoms with Gasteiger partial charge in [0.2, 0.25) is 0 Å². The van der Waals surface area contributed by atoms with E-state index in [-0.39, 0.29) is 6.04 Å². The summed E-state index contributed by atoms with van der Waals surface area (Å²) in [5.41, 5.74) is 1.58. The molecule has 1 aromatic rings. The third kappa shape index (κ3) is 4.20. The van der Waals surface area contributed by atoms with E-state index in [1.165, 1.54) is 25.7 Å². The highest BCUT2D eigenvalue weighted by molar-refractivity contribution is 5.80. The summed E-state index contributed by atoms with van der Waals surface area (Å²) in [7, 11) is 3.38. The van der Waals surface area contributed by atoms with Gasteiger partial charge in [0.15, 0.2) is 5.96 Å². The molecule has 5 nitrogen and oxygen atoms in total. The van der Waals surface area contributed by atoms with Crippen LogP contribution in [0, 0.1) is 11.3 Å². The van der Waals surface area contributed by atoms with Crippen molar-refractivity contribution >= 4 is 5.96 Å². The van der Waals surface area contributed by atoms with Crippen molar-refractivity contribution in [3.63, 3.8) is 0 Å². The number of aliphatic imine (C=N–C) groups is 1. The largest absolute Gasteiger partial charge is 0.497 e. The van der Waals surface area contributed by atoms with Gasteiger partial charge in [-0.1, -0.05) is 0 Å². The van der Waals surface area contributed by atoms with E-state index in [9.17, 15) is 0 Å². The fraction of sp³-hybridized carbons (Fsp3) is 0.650. The number of ether oxygens (including phenoxy) is 2. The SMILES string of the molecule is CCNC(=NCC1(C2CC2)CC1)NC(C)c1cc(OC)ccc1OC. The number of hydrogen-bond acceptors (Lipinski definition) is 3. The summed E-state index contributed by atoms with van der Waals surface area (Å²) in [6.07, 6.45) is 5.49. The summed E-state index contributed by atoms with van der Waals surface area (Å²) >= 11 is 0. The van der Waals surface area contributed by atoms with Crippen LogP contribution in [0.2, 0.25) is 0 Å². The molecule has 0 saturated heterocycles. The summed E-state index contributed by atoms with van der Waals surface area (Å²) in [4.78, 5) is 4.89. The average Bonchev–Trinajstić information content (AvgIpc) is 3.52. The number of methoxy groups -OCH3 is 2. The second-order valence-electron chi connectivity index (χ2n) is 7.31. The molecule has 1 aromatic carbocycles. The van der Waals surface area contributed by atoms with Gasteiger partial charge in [-0.15, -0.1) is 0 Å². The smallest absolute Gasteiger partial charge is 0.191 e. The zero-order chi connectivity index (χ0) is 17.9. The number of nitrogens with zero attached hydrogens (tertiary/aromatic N) is 1. The molecule has 0 heterocycles. The van der Waals surface area contributed by atoms with Crippen LogP contribution in [0.5, 0.6) is 11.5 Å². The molecule has 3 rings (SSSR count). The number of rotatable bonds is 8. The van der Waals surface area contributed by atoms with E-state index in [0.717, 1.165) is 42.0 Å².